The lowest BCUT2D eigenvalue weighted by Crippen LogP contribution is -2.22. The Kier molecular flexibility index (Phi) is 5.76. The summed E-state index contributed by atoms with van der Waals surface area (Å²) in [6, 6.07) is 12.4. The van der Waals surface area contributed by atoms with Crippen molar-refractivity contribution in [2.45, 2.75) is 6.61 Å². The number of hydrogen-bond donors (Lipinski definition) is 0. The topological polar surface area (TPSA) is 70.4 Å². The van der Waals surface area contributed by atoms with E-state index in [1.807, 2.05) is 6.07 Å². The molecule has 8 heteroatoms. The van der Waals surface area contributed by atoms with E-state index in [9.17, 15) is 9.59 Å². The Bertz CT molecular complexity index is 991. The zero-order valence-corrected chi connectivity index (χ0v) is 16.4. The molecule has 1 aliphatic heterocycles. The second kappa shape index (κ2) is 8.05. The van der Waals surface area contributed by atoms with E-state index in [0.717, 1.165) is 16.7 Å². The third-order valence-corrected chi connectivity index (χ3v) is 5.34. The molecule has 0 aliphatic carbocycles. The summed E-state index contributed by atoms with van der Waals surface area (Å²) in [4.78, 5) is 24.9. The zero-order valence-electron chi connectivity index (χ0n) is 14.0. The molecule has 0 atom stereocenters. The van der Waals surface area contributed by atoms with Crippen molar-refractivity contribution < 1.29 is 14.3 Å². The number of ether oxygens (including phenoxy) is 1. The normalized spacial score (nSPS) is 15.3. The lowest BCUT2D eigenvalue weighted by atomic mass is 10.1. The Balaban J connectivity index is 1.83. The fourth-order valence-corrected chi connectivity index (χ4v) is 3.84. The van der Waals surface area contributed by atoms with Gasteiger partial charge in [-0.1, -0.05) is 41.4 Å². The van der Waals surface area contributed by atoms with Gasteiger partial charge in [-0.05, 0) is 41.6 Å². The van der Waals surface area contributed by atoms with Crippen LogP contribution >= 0.6 is 35.0 Å². The molecule has 1 saturated heterocycles. The summed E-state index contributed by atoms with van der Waals surface area (Å²) < 4.78 is 5.71. The number of benzene rings is 2. The van der Waals surface area contributed by atoms with Gasteiger partial charge in [0.1, 0.15) is 6.61 Å². The Hall–Kier alpha value is -2.46. The summed E-state index contributed by atoms with van der Waals surface area (Å²) in [6.07, 6.45) is 1.56. The Morgan fingerprint density at radius 1 is 1.22 bits per heavy atom. The second-order valence-corrected chi connectivity index (χ2v) is 7.42. The average molecular weight is 419 g/mol. The third-order valence-electron chi connectivity index (χ3n) is 3.81. The standard InChI is InChI=1S/C19H12Cl2N2O3S/c1-23-18(24)16(27-19(23)25)8-11-6-14(20)17(15(21)7-11)26-10-13-5-3-2-4-12(13)9-22/h2-8H,10H2,1H3/b16-8-. The molecule has 0 bridgehead atoms. The molecule has 1 fully saturated rings. The Morgan fingerprint density at radius 2 is 1.89 bits per heavy atom. The first-order valence-electron chi connectivity index (χ1n) is 7.72. The molecule has 0 saturated carbocycles. The summed E-state index contributed by atoms with van der Waals surface area (Å²) in [5, 5.41) is 9.33. The van der Waals surface area contributed by atoms with Gasteiger partial charge in [0.15, 0.2) is 5.75 Å². The van der Waals surface area contributed by atoms with Crippen LogP contribution in [0.1, 0.15) is 16.7 Å². The summed E-state index contributed by atoms with van der Waals surface area (Å²) >= 11 is 13.4. The molecule has 2 amide bonds. The summed E-state index contributed by atoms with van der Waals surface area (Å²) in [6.45, 7) is 0.136. The van der Waals surface area contributed by atoms with E-state index in [4.69, 9.17) is 33.2 Å². The van der Waals surface area contributed by atoms with Gasteiger partial charge in [0, 0.05) is 12.6 Å². The Morgan fingerprint density at radius 3 is 2.48 bits per heavy atom. The fraction of sp³-hybridized carbons (Fsp3) is 0.105. The van der Waals surface area contributed by atoms with Crippen molar-refractivity contribution >= 4 is 52.2 Å². The number of rotatable bonds is 4. The fourth-order valence-electron chi connectivity index (χ4n) is 2.40. The van der Waals surface area contributed by atoms with E-state index in [1.165, 1.54) is 7.05 Å². The molecule has 2 aromatic carbocycles. The van der Waals surface area contributed by atoms with Gasteiger partial charge < -0.3 is 4.74 Å². The van der Waals surface area contributed by atoms with Gasteiger partial charge >= 0.3 is 0 Å². The lowest BCUT2D eigenvalue weighted by molar-refractivity contribution is -0.121. The third kappa shape index (κ3) is 4.11. The number of halogens is 2. The van der Waals surface area contributed by atoms with Crippen molar-refractivity contribution in [2.24, 2.45) is 0 Å². The number of thioether (sulfide) groups is 1. The minimum atomic E-state index is -0.370. The second-order valence-electron chi connectivity index (χ2n) is 5.61. The average Bonchev–Trinajstić information content (AvgIpc) is 2.88. The maximum atomic E-state index is 12.0. The van der Waals surface area contributed by atoms with E-state index < -0.39 is 0 Å². The predicted octanol–water partition coefficient (Wildman–Crippen LogP) is 5.11. The minimum absolute atomic E-state index is 0.136. The van der Waals surface area contributed by atoms with Crippen molar-refractivity contribution in [3.63, 3.8) is 0 Å². The molecule has 0 radical (unpaired) electrons. The van der Waals surface area contributed by atoms with Crippen molar-refractivity contribution in [1.29, 1.82) is 5.26 Å². The summed E-state index contributed by atoms with van der Waals surface area (Å²) in [5.74, 6) is -0.0856. The van der Waals surface area contributed by atoms with Gasteiger partial charge in [0.25, 0.3) is 11.1 Å². The van der Waals surface area contributed by atoms with Crippen LogP contribution in [0, 0.1) is 11.3 Å². The van der Waals surface area contributed by atoms with Gasteiger partial charge in [-0.15, -0.1) is 0 Å². The monoisotopic (exact) mass is 418 g/mol. The van der Waals surface area contributed by atoms with E-state index in [1.54, 1.807) is 36.4 Å². The molecule has 0 unspecified atom stereocenters. The van der Waals surface area contributed by atoms with Gasteiger partial charge in [0.2, 0.25) is 0 Å². The van der Waals surface area contributed by atoms with E-state index in [-0.39, 0.29) is 33.5 Å². The van der Waals surface area contributed by atoms with Gasteiger partial charge in [-0.3, -0.25) is 14.5 Å². The molecule has 3 rings (SSSR count). The van der Waals surface area contributed by atoms with E-state index in [2.05, 4.69) is 6.07 Å². The number of amides is 2. The van der Waals surface area contributed by atoms with Gasteiger partial charge in [-0.25, -0.2) is 0 Å². The van der Waals surface area contributed by atoms with Crippen LogP contribution in [0.3, 0.4) is 0 Å². The molecular weight excluding hydrogens is 407 g/mol. The predicted molar refractivity (Wildman–Crippen MR) is 106 cm³/mol. The largest absolute Gasteiger partial charge is 0.486 e. The highest BCUT2D eigenvalue weighted by Gasteiger charge is 2.31. The lowest BCUT2D eigenvalue weighted by Gasteiger charge is -2.12. The number of hydrogen-bond acceptors (Lipinski definition) is 5. The quantitative estimate of drug-likeness (QED) is 0.644. The van der Waals surface area contributed by atoms with Crippen LogP contribution < -0.4 is 4.74 Å². The van der Waals surface area contributed by atoms with E-state index in [0.29, 0.717) is 21.6 Å². The Labute approximate surface area is 170 Å². The molecular formula is C19H12Cl2N2O3S. The molecule has 0 aromatic heterocycles. The van der Waals surface area contributed by atoms with E-state index >= 15 is 0 Å². The van der Waals surface area contributed by atoms with Crippen molar-refractivity contribution in [3.8, 4) is 11.8 Å². The van der Waals surface area contributed by atoms with Crippen LogP contribution in [0.15, 0.2) is 41.3 Å². The van der Waals surface area contributed by atoms with Gasteiger partial charge in [-0.2, -0.15) is 5.26 Å². The summed E-state index contributed by atoms with van der Waals surface area (Å²) in [5.41, 5.74) is 1.80. The molecule has 5 nitrogen and oxygen atoms in total. The van der Waals surface area contributed by atoms with Crippen LogP contribution in [-0.4, -0.2) is 23.1 Å². The zero-order chi connectivity index (χ0) is 19.6. The molecule has 27 heavy (non-hydrogen) atoms. The first-order chi connectivity index (χ1) is 12.9. The van der Waals surface area contributed by atoms with Crippen LogP contribution in [-0.2, 0) is 11.4 Å². The maximum Gasteiger partial charge on any atom is 0.293 e. The highest BCUT2D eigenvalue weighted by atomic mass is 35.5. The van der Waals surface area contributed by atoms with Crippen molar-refractivity contribution in [3.05, 3.63) is 68.0 Å². The van der Waals surface area contributed by atoms with Gasteiger partial charge in [0.05, 0.1) is 26.6 Å². The molecule has 2 aromatic rings. The SMILES string of the molecule is CN1C(=O)S/C(=C\c2cc(Cl)c(OCc3ccccc3C#N)c(Cl)c2)C1=O. The smallest absolute Gasteiger partial charge is 0.293 e. The number of nitriles is 1. The molecule has 136 valence electrons. The summed E-state index contributed by atoms with van der Waals surface area (Å²) in [7, 11) is 1.43. The first kappa shape index (κ1) is 19.3. The number of imide groups is 1. The number of nitrogens with zero attached hydrogens (tertiary/aromatic N) is 2. The molecule has 0 N–H and O–H groups in total. The minimum Gasteiger partial charge on any atom is -0.486 e. The van der Waals surface area contributed by atoms with Crippen LogP contribution in [0.4, 0.5) is 4.79 Å². The molecule has 0 spiro atoms. The van der Waals surface area contributed by atoms with Crippen molar-refractivity contribution in [2.75, 3.05) is 7.05 Å². The first-order valence-corrected chi connectivity index (χ1v) is 9.29. The van der Waals surface area contributed by atoms with Crippen LogP contribution in [0.5, 0.6) is 5.75 Å². The van der Waals surface area contributed by atoms with Crippen molar-refractivity contribution in [1.82, 2.24) is 4.90 Å². The highest BCUT2D eigenvalue weighted by molar-refractivity contribution is 8.18. The van der Waals surface area contributed by atoms with Crippen LogP contribution in [0.2, 0.25) is 10.0 Å². The number of carbonyl (C=O) groups excluding carboxylic acids is 2. The van der Waals surface area contributed by atoms with Crippen LogP contribution in [0.25, 0.3) is 6.08 Å². The molecule has 1 heterocycles. The highest BCUT2D eigenvalue weighted by Crippen LogP contribution is 2.37. The number of likely N-dealkylation sites (N-methyl/N-ethyl adjacent to an activating group) is 1. The number of carbonyl (C=O) groups is 2. The maximum absolute atomic E-state index is 12.0. The molecule has 1 aliphatic rings.